The van der Waals surface area contributed by atoms with Crippen LogP contribution in [0.3, 0.4) is 0 Å². The minimum absolute atomic E-state index is 0.0212. The second-order valence-corrected chi connectivity index (χ2v) is 6.51. The Balaban J connectivity index is 1.61. The maximum Gasteiger partial charge on any atom is 0.0608 e. The Hall–Kier alpha value is -0.0800. The SMILES string of the molecule is CCOC1CC2CC1C1C3CC(CC3O)C21. The Kier molecular flexibility index (Phi) is 2.00. The van der Waals surface area contributed by atoms with E-state index in [1.807, 2.05) is 0 Å². The zero-order chi connectivity index (χ0) is 10.9. The quantitative estimate of drug-likeness (QED) is 0.725. The van der Waals surface area contributed by atoms with Crippen LogP contribution in [-0.2, 0) is 4.74 Å². The minimum atomic E-state index is 0.0212. The van der Waals surface area contributed by atoms with Crippen LogP contribution in [0.4, 0.5) is 0 Å². The van der Waals surface area contributed by atoms with Crippen LogP contribution in [0.5, 0.6) is 0 Å². The second-order valence-electron chi connectivity index (χ2n) is 6.51. The van der Waals surface area contributed by atoms with Gasteiger partial charge >= 0.3 is 0 Å². The molecule has 2 heteroatoms. The van der Waals surface area contributed by atoms with Crippen molar-refractivity contribution < 1.29 is 9.84 Å². The summed E-state index contributed by atoms with van der Waals surface area (Å²) < 4.78 is 5.91. The number of aliphatic hydroxyl groups is 1. The molecular formula is C14H22O2. The summed E-state index contributed by atoms with van der Waals surface area (Å²) in [5, 5.41) is 10.1. The molecule has 0 amide bonds. The highest BCUT2D eigenvalue weighted by atomic mass is 16.5. The van der Waals surface area contributed by atoms with Crippen LogP contribution in [0.2, 0.25) is 0 Å². The molecule has 0 radical (unpaired) electrons. The van der Waals surface area contributed by atoms with E-state index in [-0.39, 0.29) is 6.10 Å². The molecule has 4 fully saturated rings. The van der Waals surface area contributed by atoms with E-state index in [0.29, 0.717) is 12.0 Å². The summed E-state index contributed by atoms with van der Waals surface area (Å²) >= 11 is 0. The molecule has 8 unspecified atom stereocenters. The summed E-state index contributed by atoms with van der Waals surface area (Å²) in [6.07, 6.45) is 5.70. The molecule has 0 heterocycles. The third kappa shape index (κ3) is 1.06. The van der Waals surface area contributed by atoms with Crippen molar-refractivity contribution in [1.29, 1.82) is 0 Å². The first-order valence-corrected chi connectivity index (χ1v) is 7.09. The van der Waals surface area contributed by atoms with Gasteiger partial charge in [-0.25, -0.2) is 0 Å². The number of aliphatic hydroxyl groups excluding tert-OH is 1. The van der Waals surface area contributed by atoms with Gasteiger partial charge in [0.15, 0.2) is 0 Å². The smallest absolute Gasteiger partial charge is 0.0608 e. The zero-order valence-electron chi connectivity index (χ0n) is 10.0. The summed E-state index contributed by atoms with van der Waals surface area (Å²) in [5.41, 5.74) is 0. The first kappa shape index (κ1) is 9.90. The van der Waals surface area contributed by atoms with Gasteiger partial charge in [0, 0.05) is 6.61 Å². The van der Waals surface area contributed by atoms with E-state index in [1.54, 1.807) is 0 Å². The van der Waals surface area contributed by atoms with E-state index in [9.17, 15) is 5.11 Å². The monoisotopic (exact) mass is 222 g/mol. The van der Waals surface area contributed by atoms with E-state index < -0.39 is 0 Å². The van der Waals surface area contributed by atoms with Crippen molar-refractivity contribution in [2.75, 3.05) is 6.61 Å². The summed E-state index contributed by atoms with van der Waals surface area (Å²) in [6.45, 7) is 2.97. The lowest BCUT2D eigenvalue weighted by molar-refractivity contribution is -0.0468. The summed E-state index contributed by atoms with van der Waals surface area (Å²) in [7, 11) is 0. The van der Waals surface area contributed by atoms with Crippen LogP contribution in [0.1, 0.15) is 32.6 Å². The van der Waals surface area contributed by atoms with Crippen LogP contribution >= 0.6 is 0 Å². The van der Waals surface area contributed by atoms with Gasteiger partial charge in [-0.2, -0.15) is 0 Å². The van der Waals surface area contributed by atoms with E-state index in [1.165, 1.54) is 19.3 Å². The average Bonchev–Trinajstić information content (AvgIpc) is 2.92. The van der Waals surface area contributed by atoms with Gasteiger partial charge < -0.3 is 9.84 Å². The lowest BCUT2D eigenvalue weighted by Gasteiger charge is -2.40. The molecule has 4 rings (SSSR count). The summed E-state index contributed by atoms with van der Waals surface area (Å²) in [5.74, 6) is 5.02. The van der Waals surface area contributed by atoms with E-state index >= 15 is 0 Å². The van der Waals surface area contributed by atoms with Crippen LogP contribution < -0.4 is 0 Å². The highest BCUT2D eigenvalue weighted by Gasteiger charge is 2.64. The van der Waals surface area contributed by atoms with Crippen LogP contribution in [0.15, 0.2) is 0 Å². The summed E-state index contributed by atoms with van der Waals surface area (Å²) in [4.78, 5) is 0. The average molecular weight is 222 g/mol. The van der Waals surface area contributed by atoms with E-state index in [0.717, 1.165) is 42.6 Å². The molecule has 0 aliphatic heterocycles. The summed E-state index contributed by atoms with van der Waals surface area (Å²) in [6, 6.07) is 0. The van der Waals surface area contributed by atoms with Gasteiger partial charge in [-0.1, -0.05) is 0 Å². The molecule has 4 bridgehead atoms. The molecule has 2 nitrogen and oxygen atoms in total. The third-order valence-corrected chi connectivity index (χ3v) is 6.10. The molecule has 0 aromatic carbocycles. The molecule has 4 saturated carbocycles. The molecule has 90 valence electrons. The van der Waals surface area contributed by atoms with Gasteiger partial charge in [0.2, 0.25) is 0 Å². The van der Waals surface area contributed by atoms with Crippen LogP contribution in [-0.4, -0.2) is 23.9 Å². The number of rotatable bonds is 2. The molecule has 8 atom stereocenters. The number of hydrogen-bond donors (Lipinski definition) is 1. The second kappa shape index (κ2) is 3.23. The molecule has 4 aliphatic carbocycles. The van der Waals surface area contributed by atoms with Crippen molar-refractivity contribution in [3.8, 4) is 0 Å². The maximum absolute atomic E-state index is 10.1. The van der Waals surface area contributed by atoms with E-state index in [4.69, 9.17) is 4.74 Å². The lowest BCUT2D eigenvalue weighted by atomic mass is 9.69. The fourth-order valence-electron chi connectivity index (χ4n) is 5.91. The minimum Gasteiger partial charge on any atom is -0.393 e. The lowest BCUT2D eigenvalue weighted by Crippen LogP contribution is -2.40. The van der Waals surface area contributed by atoms with Gasteiger partial charge in [-0.3, -0.25) is 0 Å². The molecule has 0 spiro atoms. The fraction of sp³-hybridized carbons (Fsp3) is 1.00. The van der Waals surface area contributed by atoms with Crippen LogP contribution in [0, 0.1) is 35.5 Å². The van der Waals surface area contributed by atoms with E-state index in [2.05, 4.69) is 6.92 Å². The molecule has 0 aromatic heterocycles. The topological polar surface area (TPSA) is 29.5 Å². The normalized spacial score (nSPS) is 61.9. The number of hydrogen-bond acceptors (Lipinski definition) is 2. The Bertz CT molecular complexity index is 303. The van der Waals surface area contributed by atoms with Gasteiger partial charge in [0.25, 0.3) is 0 Å². The molecular weight excluding hydrogens is 200 g/mol. The van der Waals surface area contributed by atoms with Gasteiger partial charge in [0.05, 0.1) is 12.2 Å². The van der Waals surface area contributed by atoms with Crippen molar-refractivity contribution in [3.63, 3.8) is 0 Å². The Morgan fingerprint density at radius 2 is 1.75 bits per heavy atom. The highest BCUT2D eigenvalue weighted by Crippen LogP contribution is 2.67. The third-order valence-electron chi connectivity index (χ3n) is 6.10. The van der Waals surface area contributed by atoms with Crippen molar-refractivity contribution >= 4 is 0 Å². The number of fused-ring (bicyclic) bond motifs is 9. The Labute approximate surface area is 97.4 Å². The highest BCUT2D eigenvalue weighted by molar-refractivity contribution is 5.13. The fourth-order valence-corrected chi connectivity index (χ4v) is 5.91. The van der Waals surface area contributed by atoms with Crippen molar-refractivity contribution in [2.24, 2.45) is 35.5 Å². The number of ether oxygens (including phenoxy) is 1. The molecule has 4 aliphatic rings. The van der Waals surface area contributed by atoms with Crippen molar-refractivity contribution in [1.82, 2.24) is 0 Å². The predicted octanol–water partition coefficient (Wildman–Crippen LogP) is 2.06. The first-order chi connectivity index (χ1) is 7.79. The predicted molar refractivity (Wildman–Crippen MR) is 60.8 cm³/mol. The van der Waals surface area contributed by atoms with Crippen LogP contribution in [0.25, 0.3) is 0 Å². The maximum atomic E-state index is 10.1. The zero-order valence-corrected chi connectivity index (χ0v) is 10.0. The molecule has 0 saturated heterocycles. The molecule has 16 heavy (non-hydrogen) atoms. The Morgan fingerprint density at radius 3 is 2.56 bits per heavy atom. The molecule has 1 N–H and O–H groups in total. The van der Waals surface area contributed by atoms with Crippen molar-refractivity contribution in [3.05, 3.63) is 0 Å². The standard InChI is InChI=1S/C14H22O2/c1-2-16-12-6-8-4-10(12)14-9-3-7(13(8)14)5-11(9)15/h7-15H,2-6H2,1H3. The van der Waals surface area contributed by atoms with Gasteiger partial charge in [-0.15, -0.1) is 0 Å². The van der Waals surface area contributed by atoms with Gasteiger partial charge in [-0.05, 0) is 68.1 Å². The Morgan fingerprint density at radius 1 is 1.00 bits per heavy atom. The first-order valence-electron chi connectivity index (χ1n) is 7.09. The largest absolute Gasteiger partial charge is 0.393 e. The van der Waals surface area contributed by atoms with Crippen molar-refractivity contribution in [2.45, 2.75) is 44.8 Å². The van der Waals surface area contributed by atoms with Gasteiger partial charge in [0.1, 0.15) is 0 Å². The molecule has 0 aromatic rings.